The third kappa shape index (κ3) is 6.35. The molecule has 0 heterocycles. The van der Waals surface area contributed by atoms with E-state index in [2.05, 4.69) is 44.5 Å². The normalized spacial score (nSPS) is 12.1. The van der Waals surface area contributed by atoms with Gasteiger partial charge in [0.2, 0.25) is 0 Å². The minimum Gasteiger partial charge on any atom is -0.508 e. The van der Waals surface area contributed by atoms with Crippen LogP contribution in [-0.2, 0) is 6.54 Å². The SMILES string of the molecule is CCNC(=NCc1cc(OC)ccc1O)NC(C)c1ccccc1Br.I. The van der Waals surface area contributed by atoms with Gasteiger partial charge in [-0.2, -0.15) is 0 Å². The summed E-state index contributed by atoms with van der Waals surface area (Å²) in [6, 6.07) is 13.3. The van der Waals surface area contributed by atoms with E-state index in [1.165, 1.54) is 0 Å². The molecule has 0 radical (unpaired) electrons. The minimum absolute atomic E-state index is 0. The van der Waals surface area contributed by atoms with Gasteiger partial charge in [-0.1, -0.05) is 34.1 Å². The Morgan fingerprint density at radius 1 is 1.27 bits per heavy atom. The number of aliphatic imine (C=N–C) groups is 1. The van der Waals surface area contributed by atoms with Gasteiger partial charge in [-0.25, -0.2) is 4.99 Å². The maximum absolute atomic E-state index is 10.00. The number of benzene rings is 2. The number of phenolic OH excluding ortho intramolecular Hbond substituents is 1. The zero-order chi connectivity index (χ0) is 18.2. The Labute approximate surface area is 180 Å². The average Bonchev–Trinajstić information content (AvgIpc) is 2.61. The van der Waals surface area contributed by atoms with Crippen LogP contribution >= 0.6 is 39.9 Å². The standard InChI is InChI=1S/C19H24BrN3O2.HI/c1-4-21-19(23-13(2)16-7-5-6-8-17(16)20)22-12-14-11-15(25-3)9-10-18(14)24;/h5-11,13,24H,4,12H2,1-3H3,(H2,21,22,23);1H. The number of aromatic hydroxyl groups is 1. The molecule has 2 aromatic rings. The van der Waals surface area contributed by atoms with Crippen LogP contribution in [0.3, 0.4) is 0 Å². The lowest BCUT2D eigenvalue weighted by Crippen LogP contribution is -2.38. The van der Waals surface area contributed by atoms with Crippen LogP contribution < -0.4 is 15.4 Å². The molecule has 0 amide bonds. The lowest BCUT2D eigenvalue weighted by Gasteiger charge is -2.19. The number of nitrogens with one attached hydrogen (secondary N) is 2. The van der Waals surface area contributed by atoms with E-state index < -0.39 is 0 Å². The molecule has 5 nitrogen and oxygen atoms in total. The molecule has 26 heavy (non-hydrogen) atoms. The Balaban J connectivity index is 0.00000338. The van der Waals surface area contributed by atoms with Crippen LogP contribution in [0, 0.1) is 0 Å². The fourth-order valence-corrected chi connectivity index (χ4v) is 3.04. The number of nitrogens with zero attached hydrogens (tertiary/aromatic N) is 1. The van der Waals surface area contributed by atoms with Gasteiger partial charge < -0.3 is 20.5 Å². The molecular formula is C19H25BrIN3O2. The molecule has 0 aromatic heterocycles. The van der Waals surface area contributed by atoms with E-state index in [0.29, 0.717) is 23.8 Å². The molecule has 1 atom stereocenters. The second-order valence-electron chi connectivity index (χ2n) is 5.58. The molecule has 0 fully saturated rings. The lowest BCUT2D eigenvalue weighted by molar-refractivity contribution is 0.411. The molecule has 0 spiro atoms. The summed E-state index contributed by atoms with van der Waals surface area (Å²) in [5.74, 6) is 1.59. The maximum Gasteiger partial charge on any atom is 0.192 e. The minimum atomic E-state index is 0. The summed E-state index contributed by atoms with van der Waals surface area (Å²) in [7, 11) is 1.60. The predicted octanol–water partition coefficient (Wildman–Crippen LogP) is 4.60. The summed E-state index contributed by atoms with van der Waals surface area (Å²) in [6.07, 6.45) is 0. The highest BCUT2D eigenvalue weighted by Gasteiger charge is 2.11. The third-order valence-corrected chi connectivity index (χ3v) is 4.49. The van der Waals surface area contributed by atoms with E-state index in [0.717, 1.165) is 16.6 Å². The van der Waals surface area contributed by atoms with Crippen molar-refractivity contribution < 1.29 is 9.84 Å². The molecule has 1 unspecified atom stereocenters. The van der Waals surface area contributed by atoms with Gasteiger partial charge in [0.25, 0.3) is 0 Å². The highest BCUT2D eigenvalue weighted by atomic mass is 127. The van der Waals surface area contributed by atoms with E-state index in [4.69, 9.17) is 4.74 Å². The molecule has 7 heteroatoms. The van der Waals surface area contributed by atoms with Crippen LogP contribution in [0.1, 0.15) is 31.0 Å². The molecule has 0 saturated carbocycles. The number of methoxy groups -OCH3 is 1. The molecule has 2 aromatic carbocycles. The van der Waals surface area contributed by atoms with Crippen molar-refractivity contribution in [2.75, 3.05) is 13.7 Å². The Morgan fingerprint density at radius 3 is 2.65 bits per heavy atom. The van der Waals surface area contributed by atoms with E-state index in [1.54, 1.807) is 25.3 Å². The number of hydrogen-bond donors (Lipinski definition) is 3. The van der Waals surface area contributed by atoms with Crippen molar-refractivity contribution >= 4 is 45.9 Å². The number of ether oxygens (including phenoxy) is 1. The molecule has 0 aliphatic heterocycles. The molecule has 2 rings (SSSR count). The van der Waals surface area contributed by atoms with Crippen LogP contribution in [-0.4, -0.2) is 24.7 Å². The molecule has 3 N–H and O–H groups in total. The first-order chi connectivity index (χ1) is 12.0. The van der Waals surface area contributed by atoms with Gasteiger partial charge in [-0.05, 0) is 43.7 Å². The van der Waals surface area contributed by atoms with Gasteiger partial charge in [-0.15, -0.1) is 24.0 Å². The Morgan fingerprint density at radius 2 is 2.00 bits per heavy atom. The topological polar surface area (TPSA) is 65.9 Å². The van der Waals surface area contributed by atoms with Gasteiger partial charge in [-0.3, -0.25) is 0 Å². The van der Waals surface area contributed by atoms with Crippen LogP contribution in [0.5, 0.6) is 11.5 Å². The quantitative estimate of drug-likeness (QED) is 0.288. The fraction of sp³-hybridized carbons (Fsp3) is 0.316. The largest absolute Gasteiger partial charge is 0.508 e. The van der Waals surface area contributed by atoms with Crippen LogP contribution in [0.15, 0.2) is 51.9 Å². The van der Waals surface area contributed by atoms with Crippen LogP contribution in [0.4, 0.5) is 0 Å². The summed E-state index contributed by atoms with van der Waals surface area (Å²) < 4.78 is 6.26. The number of rotatable bonds is 6. The third-order valence-electron chi connectivity index (χ3n) is 3.76. The van der Waals surface area contributed by atoms with Crippen molar-refractivity contribution in [2.45, 2.75) is 26.4 Å². The first-order valence-corrected chi connectivity index (χ1v) is 8.99. The van der Waals surface area contributed by atoms with Crippen molar-refractivity contribution in [3.63, 3.8) is 0 Å². The second kappa shape index (κ2) is 11.3. The Kier molecular flexibility index (Phi) is 9.79. The van der Waals surface area contributed by atoms with Crippen LogP contribution in [0.2, 0.25) is 0 Å². The first-order valence-electron chi connectivity index (χ1n) is 8.20. The van der Waals surface area contributed by atoms with Crippen molar-refractivity contribution in [1.82, 2.24) is 10.6 Å². The predicted molar refractivity (Wildman–Crippen MR) is 121 cm³/mol. The van der Waals surface area contributed by atoms with E-state index in [-0.39, 0.29) is 35.8 Å². The maximum atomic E-state index is 10.00. The zero-order valence-electron chi connectivity index (χ0n) is 15.1. The first kappa shape index (κ1) is 22.6. The summed E-state index contributed by atoms with van der Waals surface area (Å²) in [5.41, 5.74) is 1.86. The van der Waals surface area contributed by atoms with E-state index >= 15 is 0 Å². The highest BCUT2D eigenvalue weighted by Crippen LogP contribution is 2.24. The summed E-state index contributed by atoms with van der Waals surface area (Å²) in [4.78, 5) is 4.58. The number of hydrogen-bond acceptors (Lipinski definition) is 3. The number of halogens is 2. The summed E-state index contributed by atoms with van der Waals surface area (Å²) >= 11 is 3.58. The van der Waals surface area contributed by atoms with Gasteiger partial charge in [0.15, 0.2) is 5.96 Å². The highest BCUT2D eigenvalue weighted by molar-refractivity contribution is 14.0. The van der Waals surface area contributed by atoms with Crippen LogP contribution in [0.25, 0.3) is 0 Å². The van der Waals surface area contributed by atoms with Gasteiger partial charge >= 0.3 is 0 Å². The molecule has 0 aliphatic carbocycles. The van der Waals surface area contributed by atoms with Crippen molar-refractivity contribution in [1.29, 1.82) is 0 Å². The average molecular weight is 534 g/mol. The van der Waals surface area contributed by atoms with Gasteiger partial charge in [0.05, 0.1) is 19.7 Å². The monoisotopic (exact) mass is 533 g/mol. The number of phenols is 1. The second-order valence-corrected chi connectivity index (χ2v) is 6.43. The van der Waals surface area contributed by atoms with Gasteiger partial charge in [0.1, 0.15) is 11.5 Å². The van der Waals surface area contributed by atoms with Gasteiger partial charge in [0, 0.05) is 16.6 Å². The Hall–Kier alpha value is -1.48. The van der Waals surface area contributed by atoms with Crippen molar-refractivity contribution in [3.8, 4) is 11.5 Å². The molecule has 142 valence electrons. The Bertz CT molecular complexity index is 740. The lowest BCUT2D eigenvalue weighted by atomic mass is 10.1. The molecule has 0 bridgehead atoms. The smallest absolute Gasteiger partial charge is 0.192 e. The van der Waals surface area contributed by atoms with E-state index in [9.17, 15) is 5.11 Å². The van der Waals surface area contributed by atoms with E-state index in [1.807, 2.05) is 25.1 Å². The molecular weight excluding hydrogens is 509 g/mol. The number of guanidine groups is 1. The van der Waals surface area contributed by atoms with Crippen molar-refractivity contribution in [3.05, 3.63) is 58.1 Å². The van der Waals surface area contributed by atoms with Crippen molar-refractivity contribution in [2.24, 2.45) is 4.99 Å². The molecule has 0 saturated heterocycles. The molecule has 0 aliphatic rings. The fourth-order valence-electron chi connectivity index (χ4n) is 2.41. The summed E-state index contributed by atoms with van der Waals surface area (Å²) in [5, 5.41) is 16.6. The zero-order valence-corrected chi connectivity index (χ0v) is 19.0. The summed E-state index contributed by atoms with van der Waals surface area (Å²) in [6.45, 7) is 5.19.